The van der Waals surface area contributed by atoms with Crippen molar-refractivity contribution in [2.45, 2.75) is 25.9 Å². The highest BCUT2D eigenvalue weighted by Crippen LogP contribution is 2.43. The van der Waals surface area contributed by atoms with Crippen LogP contribution in [0, 0.1) is 13.8 Å². The minimum absolute atomic E-state index is 0.0658. The molecule has 0 bridgehead atoms. The van der Waals surface area contributed by atoms with Gasteiger partial charge >= 0.3 is 0 Å². The maximum atomic E-state index is 6.18. The van der Waals surface area contributed by atoms with E-state index in [0.29, 0.717) is 10.1 Å². The van der Waals surface area contributed by atoms with Gasteiger partial charge in [0.15, 0.2) is 5.11 Å². The molecule has 4 nitrogen and oxygen atoms in total. The zero-order chi connectivity index (χ0) is 23.1. The van der Waals surface area contributed by atoms with Crippen LogP contribution >= 0.6 is 39.7 Å². The van der Waals surface area contributed by atoms with E-state index in [0.717, 1.165) is 21.5 Å². The molecule has 0 saturated carbocycles. The molecule has 1 saturated heterocycles. The molecule has 33 heavy (non-hydrogen) atoms. The Balaban J connectivity index is 1.67. The maximum absolute atomic E-state index is 6.18. The van der Waals surface area contributed by atoms with Crippen LogP contribution in [0.25, 0.3) is 5.69 Å². The predicted molar refractivity (Wildman–Crippen MR) is 142 cm³/mol. The number of aromatic nitrogens is 2. The van der Waals surface area contributed by atoms with Gasteiger partial charge in [0.05, 0.1) is 17.8 Å². The smallest absolute Gasteiger partial charge is 0.174 e. The Morgan fingerprint density at radius 1 is 0.970 bits per heavy atom. The zero-order valence-corrected chi connectivity index (χ0v) is 21.3. The monoisotopic (exact) mass is 536 g/mol. The first kappa shape index (κ1) is 22.1. The Kier molecular flexibility index (Phi) is 5.99. The summed E-state index contributed by atoms with van der Waals surface area (Å²) >= 11 is 15.6. The molecule has 5 rings (SSSR count). The van der Waals surface area contributed by atoms with Gasteiger partial charge in [-0.1, -0.05) is 33.6 Å². The Bertz CT molecular complexity index is 1300. The molecule has 0 unspecified atom stereocenters. The normalized spacial score (nSPS) is 17.9. The van der Waals surface area contributed by atoms with E-state index in [9.17, 15) is 0 Å². The molecule has 1 aliphatic rings. The number of hydrogen-bond donors (Lipinski definition) is 1. The number of thiocarbonyl (C=S) groups is 1. The standard InChI is InChI=1S/C26H22BrClN4S/c1-16-15-22(17(2)31(16)20-10-6-18(27)7-11-20)25-24(23-5-3-4-14-29-23)30-26(33)32(25)21-12-8-19(28)9-13-21/h3-15,24-25H,1-2H3,(H,30,33)/t24-,25-/m0/s1. The molecule has 0 aliphatic carbocycles. The lowest BCUT2D eigenvalue weighted by Gasteiger charge is -2.28. The van der Waals surface area contributed by atoms with E-state index in [1.165, 1.54) is 17.0 Å². The van der Waals surface area contributed by atoms with Crippen molar-refractivity contribution < 1.29 is 0 Å². The summed E-state index contributed by atoms with van der Waals surface area (Å²) < 4.78 is 3.35. The summed E-state index contributed by atoms with van der Waals surface area (Å²) in [4.78, 5) is 6.84. The molecule has 1 aliphatic heterocycles. The van der Waals surface area contributed by atoms with Crippen LogP contribution in [0.4, 0.5) is 5.69 Å². The molecule has 2 aromatic heterocycles. The third kappa shape index (κ3) is 4.07. The summed E-state index contributed by atoms with van der Waals surface area (Å²) in [6.45, 7) is 4.31. The van der Waals surface area contributed by atoms with Crippen LogP contribution < -0.4 is 10.2 Å². The molecule has 1 N–H and O–H groups in total. The van der Waals surface area contributed by atoms with Crippen molar-refractivity contribution in [1.82, 2.24) is 14.9 Å². The SMILES string of the molecule is Cc1cc([C@H]2[C@H](c3ccccn3)NC(=S)N2c2ccc(Cl)cc2)c(C)n1-c1ccc(Br)cc1. The molecule has 7 heteroatoms. The highest BCUT2D eigenvalue weighted by Gasteiger charge is 2.42. The Labute approximate surface area is 212 Å². The molecule has 4 aromatic rings. The van der Waals surface area contributed by atoms with Gasteiger partial charge in [0.2, 0.25) is 0 Å². The molecular weight excluding hydrogens is 516 g/mol. The van der Waals surface area contributed by atoms with E-state index in [-0.39, 0.29) is 12.1 Å². The van der Waals surface area contributed by atoms with Gasteiger partial charge in [-0.2, -0.15) is 0 Å². The lowest BCUT2D eigenvalue weighted by molar-refractivity contribution is 0.565. The third-order valence-corrected chi connectivity index (χ3v) is 7.17. The fourth-order valence-electron chi connectivity index (χ4n) is 4.63. The minimum Gasteiger partial charge on any atom is -0.351 e. The van der Waals surface area contributed by atoms with Gasteiger partial charge in [-0.05, 0) is 98.4 Å². The fourth-order valence-corrected chi connectivity index (χ4v) is 5.36. The minimum atomic E-state index is -0.0896. The quantitative estimate of drug-likeness (QED) is 0.282. The van der Waals surface area contributed by atoms with Gasteiger partial charge in [-0.3, -0.25) is 4.98 Å². The molecule has 0 amide bonds. The summed E-state index contributed by atoms with van der Waals surface area (Å²) in [7, 11) is 0. The van der Waals surface area contributed by atoms with Crippen LogP contribution in [0.15, 0.2) is 83.5 Å². The number of aryl methyl sites for hydroxylation is 1. The number of rotatable bonds is 4. The van der Waals surface area contributed by atoms with E-state index < -0.39 is 0 Å². The van der Waals surface area contributed by atoms with E-state index in [1.807, 2.05) is 48.7 Å². The van der Waals surface area contributed by atoms with Crippen molar-refractivity contribution in [2.24, 2.45) is 0 Å². The first-order valence-corrected chi connectivity index (χ1v) is 12.2. The second-order valence-corrected chi connectivity index (χ2v) is 9.85. The number of hydrogen-bond acceptors (Lipinski definition) is 2. The molecule has 3 heterocycles. The summed E-state index contributed by atoms with van der Waals surface area (Å²) in [5.41, 5.74) is 6.61. The van der Waals surface area contributed by atoms with E-state index >= 15 is 0 Å². The van der Waals surface area contributed by atoms with Crippen molar-refractivity contribution in [1.29, 1.82) is 0 Å². The van der Waals surface area contributed by atoms with Crippen LogP contribution in [0.3, 0.4) is 0 Å². The first-order valence-electron chi connectivity index (χ1n) is 10.6. The molecule has 2 atom stereocenters. The Morgan fingerprint density at radius 3 is 2.33 bits per heavy atom. The first-order chi connectivity index (χ1) is 15.9. The van der Waals surface area contributed by atoms with Crippen molar-refractivity contribution in [3.8, 4) is 5.69 Å². The second kappa shape index (κ2) is 8.93. The van der Waals surface area contributed by atoms with Crippen LogP contribution in [0.2, 0.25) is 5.02 Å². The zero-order valence-electron chi connectivity index (χ0n) is 18.2. The van der Waals surface area contributed by atoms with Gasteiger partial charge in [-0.25, -0.2) is 0 Å². The van der Waals surface area contributed by atoms with E-state index in [4.69, 9.17) is 23.8 Å². The van der Waals surface area contributed by atoms with Crippen molar-refractivity contribution in [3.05, 3.63) is 111 Å². The average molecular weight is 538 g/mol. The number of pyridine rings is 1. The van der Waals surface area contributed by atoms with Gasteiger partial charge in [0, 0.05) is 38.5 Å². The third-order valence-electron chi connectivity index (χ3n) is 6.08. The summed E-state index contributed by atoms with van der Waals surface area (Å²) in [5.74, 6) is 0. The van der Waals surface area contributed by atoms with Crippen LogP contribution in [0.5, 0.6) is 0 Å². The topological polar surface area (TPSA) is 33.1 Å². The Morgan fingerprint density at radius 2 is 1.67 bits per heavy atom. The van der Waals surface area contributed by atoms with E-state index in [1.54, 1.807) is 0 Å². The van der Waals surface area contributed by atoms with Crippen LogP contribution in [0.1, 0.15) is 34.7 Å². The molecule has 1 fully saturated rings. The highest BCUT2D eigenvalue weighted by atomic mass is 79.9. The number of benzene rings is 2. The average Bonchev–Trinajstić information content (AvgIpc) is 3.31. The van der Waals surface area contributed by atoms with Crippen LogP contribution in [-0.2, 0) is 0 Å². The number of nitrogens with one attached hydrogen (secondary N) is 1. The van der Waals surface area contributed by atoms with Crippen molar-refractivity contribution in [3.63, 3.8) is 0 Å². The lowest BCUT2D eigenvalue weighted by atomic mass is 9.96. The van der Waals surface area contributed by atoms with Gasteiger partial charge < -0.3 is 14.8 Å². The second-order valence-electron chi connectivity index (χ2n) is 8.11. The van der Waals surface area contributed by atoms with Gasteiger partial charge in [-0.15, -0.1) is 0 Å². The van der Waals surface area contributed by atoms with Crippen LogP contribution in [-0.4, -0.2) is 14.7 Å². The summed E-state index contributed by atoms with van der Waals surface area (Å²) in [6.07, 6.45) is 1.83. The molecule has 166 valence electrons. The highest BCUT2D eigenvalue weighted by molar-refractivity contribution is 9.10. The maximum Gasteiger partial charge on any atom is 0.174 e. The molecule has 2 aromatic carbocycles. The van der Waals surface area contributed by atoms with Gasteiger partial charge in [0.1, 0.15) is 0 Å². The lowest BCUT2D eigenvalue weighted by Crippen LogP contribution is -2.29. The molecular formula is C26H22BrClN4S. The van der Waals surface area contributed by atoms with Crippen molar-refractivity contribution >= 4 is 50.5 Å². The Hall–Kier alpha value is -2.67. The molecule has 0 spiro atoms. The summed E-state index contributed by atoms with van der Waals surface area (Å²) in [6, 6.07) is 24.3. The van der Waals surface area contributed by atoms with Gasteiger partial charge in [0.25, 0.3) is 0 Å². The number of anilines is 1. The predicted octanol–water partition coefficient (Wildman–Crippen LogP) is 7.08. The number of nitrogens with zero attached hydrogens (tertiary/aromatic N) is 3. The fraction of sp³-hybridized carbons (Fsp3) is 0.154. The van der Waals surface area contributed by atoms with Crippen molar-refractivity contribution in [2.75, 3.05) is 4.90 Å². The summed E-state index contributed by atoms with van der Waals surface area (Å²) in [5, 5.41) is 4.90. The number of halogens is 2. The largest absolute Gasteiger partial charge is 0.351 e. The van der Waals surface area contributed by atoms with E-state index in [2.05, 4.69) is 79.9 Å². The molecule has 0 radical (unpaired) electrons.